The summed E-state index contributed by atoms with van der Waals surface area (Å²) >= 11 is 8.58. The SMILES string of the molecule is CC(=O)CCc1cc(-c2ccc(-c3cccc(CO)c3)s2)sc1-c1ccc(-c2sc(-c3ccc(-c4cccc(CO)c4)s3)cc2CCC(=O)O)s1. The van der Waals surface area contributed by atoms with Gasteiger partial charge in [0.25, 0.3) is 0 Å². The number of aliphatic hydroxyl groups is 2. The Balaban J connectivity index is 1.22. The highest BCUT2D eigenvalue weighted by Crippen LogP contribution is 2.49. The van der Waals surface area contributed by atoms with Crippen molar-refractivity contribution in [2.24, 2.45) is 0 Å². The fourth-order valence-electron chi connectivity index (χ4n) is 5.92. The molecule has 2 aromatic carbocycles. The number of aryl methyl sites for hydroxylation is 2. The van der Waals surface area contributed by atoms with Crippen molar-refractivity contribution in [3.8, 4) is 59.9 Å². The van der Waals surface area contributed by atoms with Gasteiger partial charge in [-0.1, -0.05) is 36.4 Å². The number of thiophene rings is 5. The third kappa shape index (κ3) is 8.08. The molecule has 0 saturated carbocycles. The normalized spacial score (nSPS) is 11.4. The first kappa shape index (κ1) is 35.4. The Morgan fingerprint density at radius 3 is 1.39 bits per heavy atom. The zero-order valence-corrected chi connectivity index (χ0v) is 31.8. The number of hydrogen-bond acceptors (Lipinski definition) is 9. The van der Waals surface area contributed by atoms with E-state index in [1.165, 1.54) is 0 Å². The maximum absolute atomic E-state index is 12.1. The number of rotatable bonds is 14. The molecule has 0 amide bonds. The van der Waals surface area contributed by atoms with E-state index in [1.54, 1.807) is 63.6 Å². The van der Waals surface area contributed by atoms with Gasteiger partial charge in [0.2, 0.25) is 0 Å². The molecule has 0 radical (unpaired) electrons. The highest BCUT2D eigenvalue weighted by atomic mass is 32.1. The van der Waals surface area contributed by atoms with Crippen LogP contribution in [0.25, 0.3) is 59.9 Å². The minimum absolute atomic E-state index is 0.00283. The van der Waals surface area contributed by atoms with Crippen molar-refractivity contribution in [2.75, 3.05) is 0 Å². The van der Waals surface area contributed by atoms with E-state index in [9.17, 15) is 24.9 Å². The summed E-state index contributed by atoms with van der Waals surface area (Å²) in [6.45, 7) is 1.64. The second kappa shape index (κ2) is 15.7. The van der Waals surface area contributed by atoms with E-state index in [1.807, 2.05) is 36.4 Å². The minimum Gasteiger partial charge on any atom is -0.481 e. The largest absolute Gasteiger partial charge is 0.481 e. The summed E-state index contributed by atoms with van der Waals surface area (Å²) in [6.07, 6.45) is 1.65. The zero-order chi connectivity index (χ0) is 35.5. The molecule has 0 aliphatic rings. The molecule has 51 heavy (non-hydrogen) atoms. The van der Waals surface area contributed by atoms with Crippen LogP contribution >= 0.6 is 56.7 Å². The first-order chi connectivity index (χ1) is 24.8. The number of ketones is 1. The number of Topliss-reactive ketones (excluding diaryl/α,β-unsaturated/α-hetero) is 1. The van der Waals surface area contributed by atoms with Gasteiger partial charge in [-0.25, -0.2) is 0 Å². The first-order valence-electron chi connectivity index (χ1n) is 16.5. The predicted molar refractivity (Wildman–Crippen MR) is 215 cm³/mol. The molecular formula is C41H34O5S5. The van der Waals surface area contributed by atoms with E-state index in [4.69, 9.17) is 0 Å². The van der Waals surface area contributed by atoms with Crippen molar-refractivity contribution in [3.63, 3.8) is 0 Å². The highest BCUT2D eigenvalue weighted by Gasteiger charge is 2.20. The lowest BCUT2D eigenvalue weighted by Gasteiger charge is -2.01. The quantitative estimate of drug-likeness (QED) is 0.102. The summed E-state index contributed by atoms with van der Waals surface area (Å²) in [6, 6.07) is 33.1. The summed E-state index contributed by atoms with van der Waals surface area (Å²) in [5.74, 6) is -0.656. The molecule has 258 valence electrons. The monoisotopic (exact) mass is 766 g/mol. The number of carbonyl (C=O) groups is 2. The molecule has 0 atom stereocenters. The van der Waals surface area contributed by atoms with Gasteiger partial charge < -0.3 is 20.1 Å². The van der Waals surface area contributed by atoms with E-state index >= 15 is 0 Å². The second-order valence-corrected chi connectivity index (χ2v) is 17.6. The zero-order valence-electron chi connectivity index (χ0n) is 27.7. The number of carbonyl (C=O) groups excluding carboxylic acids is 1. The third-order valence-electron chi connectivity index (χ3n) is 8.51. The predicted octanol–water partition coefficient (Wildman–Crippen LogP) is 11.5. The second-order valence-electron chi connectivity index (χ2n) is 12.2. The van der Waals surface area contributed by atoms with Gasteiger partial charge in [0.05, 0.1) is 13.2 Å². The standard InChI is InChI=1S/C41H34O5S5/c1-24(44)8-9-29-20-37(33-13-11-31(47-33)27-6-2-4-25(18-27)22-42)50-40(29)35-15-16-36(49-35)41-30(10-17-39(45)46)21-38(51-41)34-14-12-32(48-34)28-7-3-5-26(19-28)23-43/h2-7,11-16,18-21,42-43H,8-10,17,22-23H2,1H3,(H,45,46). The van der Waals surface area contributed by atoms with Crippen molar-refractivity contribution in [1.29, 1.82) is 0 Å². The number of benzene rings is 2. The molecule has 0 fully saturated rings. The number of aliphatic hydroxyl groups excluding tert-OH is 2. The van der Waals surface area contributed by atoms with Gasteiger partial charge >= 0.3 is 5.97 Å². The Morgan fingerprint density at radius 2 is 0.941 bits per heavy atom. The molecule has 5 nitrogen and oxygen atoms in total. The van der Waals surface area contributed by atoms with Gasteiger partial charge in [0.1, 0.15) is 5.78 Å². The minimum atomic E-state index is -0.818. The van der Waals surface area contributed by atoms with Crippen LogP contribution in [0.2, 0.25) is 0 Å². The molecule has 7 aromatic rings. The number of hydrogen-bond donors (Lipinski definition) is 3. The average molecular weight is 767 g/mol. The number of aliphatic carboxylic acids is 1. The Bertz CT molecular complexity index is 2170. The van der Waals surface area contributed by atoms with E-state index in [0.29, 0.717) is 19.3 Å². The van der Waals surface area contributed by atoms with Gasteiger partial charge in [-0.2, -0.15) is 0 Å². The Kier molecular flexibility index (Phi) is 10.9. The molecule has 3 N–H and O–H groups in total. The van der Waals surface area contributed by atoms with E-state index in [2.05, 4.69) is 60.7 Å². The topological polar surface area (TPSA) is 94.8 Å². The average Bonchev–Trinajstić information content (AvgIpc) is 3.98. The highest BCUT2D eigenvalue weighted by molar-refractivity contribution is 7.30. The van der Waals surface area contributed by atoms with Gasteiger partial charge in [-0.15, -0.1) is 56.7 Å². The fraction of sp³-hybridized carbons (Fsp3) is 0.171. The summed E-state index contributed by atoms with van der Waals surface area (Å²) in [4.78, 5) is 35.0. The lowest BCUT2D eigenvalue weighted by atomic mass is 10.1. The van der Waals surface area contributed by atoms with E-state index in [-0.39, 0.29) is 25.4 Å². The van der Waals surface area contributed by atoms with E-state index < -0.39 is 5.97 Å². The molecule has 10 heteroatoms. The van der Waals surface area contributed by atoms with Crippen LogP contribution in [-0.4, -0.2) is 27.1 Å². The van der Waals surface area contributed by atoms with Crippen LogP contribution < -0.4 is 0 Å². The van der Waals surface area contributed by atoms with Crippen LogP contribution in [0.5, 0.6) is 0 Å². The molecule has 5 heterocycles. The fourth-order valence-corrected chi connectivity index (χ4v) is 11.8. The van der Waals surface area contributed by atoms with Gasteiger partial charge in [0.15, 0.2) is 0 Å². The molecule has 7 rings (SSSR count). The first-order valence-corrected chi connectivity index (χ1v) is 20.5. The van der Waals surface area contributed by atoms with Gasteiger partial charge in [-0.3, -0.25) is 4.79 Å². The lowest BCUT2D eigenvalue weighted by Crippen LogP contribution is -1.97. The third-order valence-corrected chi connectivity index (χ3v) is 15.0. The molecule has 0 bridgehead atoms. The number of carboxylic acid groups (broad SMARTS) is 1. The summed E-state index contributed by atoms with van der Waals surface area (Å²) in [5.41, 5.74) is 6.09. The maximum atomic E-state index is 12.1. The van der Waals surface area contributed by atoms with Gasteiger partial charge in [-0.05, 0) is 114 Å². The summed E-state index contributed by atoms with van der Waals surface area (Å²) < 4.78 is 0. The van der Waals surface area contributed by atoms with Crippen molar-refractivity contribution < 1.29 is 24.9 Å². The molecule has 5 aromatic heterocycles. The van der Waals surface area contributed by atoms with Crippen LogP contribution in [0.3, 0.4) is 0 Å². The van der Waals surface area contributed by atoms with Crippen LogP contribution in [0.15, 0.2) is 97.1 Å². The Morgan fingerprint density at radius 1 is 0.510 bits per heavy atom. The molecule has 0 unspecified atom stereocenters. The Labute approximate surface area is 316 Å². The molecule has 0 saturated heterocycles. The van der Waals surface area contributed by atoms with Crippen molar-refractivity contribution in [1.82, 2.24) is 0 Å². The summed E-state index contributed by atoms with van der Waals surface area (Å²) in [7, 11) is 0. The molecule has 0 aliphatic heterocycles. The van der Waals surface area contributed by atoms with Crippen molar-refractivity contribution in [3.05, 3.63) is 119 Å². The lowest BCUT2D eigenvalue weighted by molar-refractivity contribution is -0.137. The molecule has 0 spiro atoms. The van der Waals surface area contributed by atoms with Crippen LogP contribution in [0.4, 0.5) is 0 Å². The van der Waals surface area contributed by atoms with Crippen LogP contribution in [0.1, 0.15) is 42.0 Å². The van der Waals surface area contributed by atoms with E-state index in [0.717, 1.165) is 82.2 Å². The van der Waals surface area contributed by atoms with Crippen molar-refractivity contribution >= 4 is 68.4 Å². The van der Waals surface area contributed by atoms with Crippen LogP contribution in [0, 0.1) is 0 Å². The van der Waals surface area contributed by atoms with Crippen molar-refractivity contribution in [2.45, 2.75) is 45.8 Å². The Hall–Kier alpha value is -4.00. The van der Waals surface area contributed by atoms with Gasteiger partial charge in [0, 0.05) is 61.6 Å². The number of carboxylic acids is 1. The molecular weight excluding hydrogens is 733 g/mol. The van der Waals surface area contributed by atoms with Crippen LogP contribution in [-0.2, 0) is 35.6 Å². The molecule has 0 aliphatic carbocycles. The summed E-state index contributed by atoms with van der Waals surface area (Å²) in [5, 5.41) is 28.8. The smallest absolute Gasteiger partial charge is 0.303 e. The maximum Gasteiger partial charge on any atom is 0.303 e.